The molecule has 1 N–H and O–H groups in total. The number of halogens is 1. The third kappa shape index (κ3) is 4.78. The molecule has 1 amide bonds. The lowest BCUT2D eigenvalue weighted by atomic mass is 10.0. The average Bonchev–Trinajstić information content (AvgIpc) is 2.55. The Kier molecular flexibility index (Phi) is 5.84. The van der Waals surface area contributed by atoms with Gasteiger partial charge in [-0.3, -0.25) is 4.79 Å². The number of carbonyl (C=O) groups excluding carboxylic acids is 1. The van der Waals surface area contributed by atoms with E-state index in [1.807, 2.05) is 18.2 Å². The molecule has 0 aromatic heterocycles. The van der Waals surface area contributed by atoms with Crippen molar-refractivity contribution in [2.24, 2.45) is 0 Å². The van der Waals surface area contributed by atoms with Crippen molar-refractivity contribution in [2.45, 2.75) is 25.9 Å². The molecule has 116 valence electrons. The first-order valence-electron chi connectivity index (χ1n) is 7.31. The van der Waals surface area contributed by atoms with Crippen molar-refractivity contribution in [3.8, 4) is 5.75 Å². The lowest BCUT2D eigenvalue weighted by Crippen LogP contribution is -2.38. The fourth-order valence-corrected chi connectivity index (χ4v) is 2.19. The molecule has 0 bridgehead atoms. The molecule has 22 heavy (non-hydrogen) atoms. The minimum Gasteiger partial charge on any atom is -0.481 e. The van der Waals surface area contributed by atoms with Crippen LogP contribution in [0, 0.1) is 0 Å². The molecule has 3 nitrogen and oxygen atoms in total. The van der Waals surface area contributed by atoms with Crippen molar-refractivity contribution in [3.05, 3.63) is 65.2 Å². The molecular weight excluding hydrogens is 298 g/mol. The Labute approximate surface area is 136 Å². The minimum absolute atomic E-state index is 0.127. The molecule has 0 radical (unpaired) electrons. The molecule has 4 heteroatoms. The fourth-order valence-electron chi connectivity index (χ4n) is 2.07. The molecule has 0 saturated heterocycles. The van der Waals surface area contributed by atoms with Crippen LogP contribution in [0.15, 0.2) is 54.6 Å². The maximum atomic E-state index is 12.1. The molecule has 0 aliphatic carbocycles. The van der Waals surface area contributed by atoms with Crippen LogP contribution in [-0.2, 0) is 4.79 Å². The highest BCUT2D eigenvalue weighted by molar-refractivity contribution is 6.30. The first-order valence-corrected chi connectivity index (χ1v) is 7.69. The molecule has 2 rings (SSSR count). The number of carbonyl (C=O) groups is 1. The van der Waals surface area contributed by atoms with Gasteiger partial charge >= 0.3 is 0 Å². The second kappa shape index (κ2) is 7.85. The van der Waals surface area contributed by atoms with Crippen molar-refractivity contribution in [2.75, 3.05) is 6.54 Å². The monoisotopic (exact) mass is 317 g/mol. The highest BCUT2D eigenvalue weighted by atomic mass is 35.5. The molecule has 2 aromatic carbocycles. The average molecular weight is 318 g/mol. The standard InChI is InChI=1S/C18H20ClNO2/c1-13(15-6-4-3-5-7-15)12-20-18(21)14(2)22-17-10-8-16(19)9-11-17/h3-11,13-14H,12H2,1-2H3,(H,20,21)/t13-,14-/m1/s1. The van der Waals surface area contributed by atoms with Crippen LogP contribution in [0.1, 0.15) is 25.3 Å². The molecule has 0 heterocycles. The van der Waals surface area contributed by atoms with Gasteiger partial charge in [0.15, 0.2) is 6.10 Å². The summed E-state index contributed by atoms with van der Waals surface area (Å²) in [4.78, 5) is 12.1. The zero-order chi connectivity index (χ0) is 15.9. The number of amides is 1. The summed E-state index contributed by atoms with van der Waals surface area (Å²) in [6, 6.07) is 17.1. The maximum absolute atomic E-state index is 12.1. The second-order valence-corrected chi connectivity index (χ2v) is 5.71. The van der Waals surface area contributed by atoms with E-state index in [2.05, 4.69) is 24.4 Å². The predicted octanol–water partition coefficient (Wildman–Crippen LogP) is 4.03. The second-order valence-electron chi connectivity index (χ2n) is 5.27. The molecular formula is C18H20ClNO2. The van der Waals surface area contributed by atoms with E-state index in [1.165, 1.54) is 5.56 Å². The smallest absolute Gasteiger partial charge is 0.260 e. The Morgan fingerprint density at radius 2 is 1.73 bits per heavy atom. The minimum atomic E-state index is -0.552. The van der Waals surface area contributed by atoms with Gasteiger partial charge in [0.05, 0.1) is 0 Å². The van der Waals surface area contributed by atoms with Crippen LogP contribution in [0.4, 0.5) is 0 Å². The third-order valence-electron chi connectivity index (χ3n) is 3.45. The number of nitrogens with one attached hydrogen (secondary N) is 1. The van der Waals surface area contributed by atoms with Gasteiger partial charge < -0.3 is 10.1 Å². The van der Waals surface area contributed by atoms with Crippen LogP contribution in [0.25, 0.3) is 0 Å². The van der Waals surface area contributed by atoms with Gasteiger partial charge in [-0.25, -0.2) is 0 Å². The normalized spacial score (nSPS) is 13.2. The molecule has 0 fully saturated rings. The lowest BCUT2D eigenvalue weighted by molar-refractivity contribution is -0.127. The molecule has 0 saturated carbocycles. The topological polar surface area (TPSA) is 38.3 Å². The highest BCUT2D eigenvalue weighted by Gasteiger charge is 2.15. The van der Waals surface area contributed by atoms with E-state index in [9.17, 15) is 4.79 Å². The van der Waals surface area contributed by atoms with Gasteiger partial charge in [0.25, 0.3) is 5.91 Å². The third-order valence-corrected chi connectivity index (χ3v) is 3.70. The summed E-state index contributed by atoms with van der Waals surface area (Å²) in [6.45, 7) is 4.40. The molecule has 0 spiro atoms. The van der Waals surface area contributed by atoms with Crippen molar-refractivity contribution in [3.63, 3.8) is 0 Å². The number of hydrogen-bond acceptors (Lipinski definition) is 2. The largest absolute Gasteiger partial charge is 0.481 e. The van der Waals surface area contributed by atoms with Gasteiger partial charge in [0, 0.05) is 11.6 Å². The van der Waals surface area contributed by atoms with Crippen molar-refractivity contribution in [1.29, 1.82) is 0 Å². The summed E-state index contributed by atoms with van der Waals surface area (Å²) in [6.07, 6.45) is -0.552. The number of hydrogen-bond donors (Lipinski definition) is 1. The molecule has 2 atom stereocenters. The Balaban J connectivity index is 1.82. The summed E-state index contributed by atoms with van der Waals surface area (Å²) in [5.41, 5.74) is 1.20. The Morgan fingerprint density at radius 3 is 2.36 bits per heavy atom. The van der Waals surface area contributed by atoms with Crippen molar-refractivity contribution >= 4 is 17.5 Å². The van der Waals surface area contributed by atoms with Crippen molar-refractivity contribution < 1.29 is 9.53 Å². The van der Waals surface area contributed by atoms with Gasteiger partial charge in [0.2, 0.25) is 0 Å². The molecule has 0 aliphatic heterocycles. The quantitative estimate of drug-likeness (QED) is 0.873. The van der Waals surface area contributed by atoms with Crippen LogP contribution in [-0.4, -0.2) is 18.6 Å². The summed E-state index contributed by atoms with van der Waals surface area (Å²) in [7, 11) is 0. The summed E-state index contributed by atoms with van der Waals surface area (Å²) in [5, 5.41) is 3.56. The zero-order valence-corrected chi connectivity index (χ0v) is 13.5. The number of rotatable bonds is 6. The Morgan fingerprint density at radius 1 is 1.09 bits per heavy atom. The fraction of sp³-hybridized carbons (Fsp3) is 0.278. The Bertz CT molecular complexity index is 598. The molecule has 0 aliphatic rings. The van der Waals surface area contributed by atoms with Crippen LogP contribution in [0.2, 0.25) is 5.02 Å². The van der Waals surface area contributed by atoms with Gasteiger partial charge in [0.1, 0.15) is 5.75 Å². The van der Waals surface area contributed by atoms with Crippen molar-refractivity contribution in [1.82, 2.24) is 5.32 Å². The van der Waals surface area contributed by atoms with E-state index in [-0.39, 0.29) is 11.8 Å². The number of benzene rings is 2. The van der Waals surface area contributed by atoms with E-state index >= 15 is 0 Å². The van der Waals surface area contributed by atoms with E-state index in [1.54, 1.807) is 31.2 Å². The van der Waals surface area contributed by atoms with E-state index in [4.69, 9.17) is 16.3 Å². The lowest BCUT2D eigenvalue weighted by Gasteiger charge is -2.17. The molecule has 2 aromatic rings. The van der Waals surface area contributed by atoms with Crippen LogP contribution in [0.3, 0.4) is 0 Å². The first kappa shape index (κ1) is 16.4. The molecule has 0 unspecified atom stereocenters. The van der Waals surface area contributed by atoms with E-state index in [0.29, 0.717) is 17.3 Å². The van der Waals surface area contributed by atoms with Gasteiger partial charge in [-0.1, -0.05) is 48.9 Å². The van der Waals surface area contributed by atoms with E-state index in [0.717, 1.165) is 0 Å². The number of ether oxygens (including phenoxy) is 1. The summed E-state index contributed by atoms with van der Waals surface area (Å²) in [5.74, 6) is 0.758. The predicted molar refractivity (Wildman–Crippen MR) is 89.4 cm³/mol. The summed E-state index contributed by atoms with van der Waals surface area (Å²) < 4.78 is 5.60. The van der Waals surface area contributed by atoms with Crippen LogP contribution >= 0.6 is 11.6 Å². The van der Waals surface area contributed by atoms with Gasteiger partial charge in [-0.05, 0) is 42.7 Å². The maximum Gasteiger partial charge on any atom is 0.260 e. The summed E-state index contributed by atoms with van der Waals surface area (Å²) >= 11 is 5.82. The van der Waals surface area contributed by atoms with Crippen LogP contribution < -0.4 is 10.1 Å². The first-order chi connectivity index (χ1) is 10.6. The zero-order valence-electron chi connectivity index (χ0n) is 12.8. The van der Waals surface area contributed by atoms with Crippen LogP contribution in [0.5, 0.6) is 5.75 Å². The Hall–Kier alpha value is -2.00. The SMILES string of the molecule is C[C@H](CNC(=O)[C@@H](C)Oc1ccc(Cl)cc1)c1ccccc1. The van der Waals surface area contributed by atoms with Gasteiger partial charge in [-0.2, -0.15) is 0 Å². The van der Waals surface area contributed by atoms with Gasteiger partial charge in [-0.15, -0.1) is 0 Å². The van der Waals surface area contributed by atoms with E-state index < -0.39 is 6.10 Å². The highest BCUT2D eigenvalue weighted by Crippen LogP contribution is 2.17.